The smallest absolute Gasteiger partial charge is 0.280 e. The van der Waals surface area contributed by atoms with Crippen LogP contribution in [-0.2, 0) is 16.6 Å². The third-order valence-corrected chi connectivity index (χ3v) is 6.78. The average molecular weight is 452 g/mol. The van der Waals surface area contributed by atoms with Crippen molar-refractivity contribution in [3.8, 4) is 0 Å². The van der Waals surface area contributed by atoms with Crippen LogP contribution in [0.25, 0.3) is 11.3 Å². The maximum atomic E-state index is 13.7. The highest BCUT2D eigenvalue weighted by Crippen LogP contribution is 2.26. The Balaban J connectivity index is 1.80. The van der Waals surface area contributed by atoms with Crippen LogP contribution in [0.5, 0.6) is 0 Å². The predicted molar refractivity (Wildman–Crippen MR) is 117 cm³/mol. The molecule has 0 aliphatic carbocycles. The number of aryl methyl sites for hydroxylation is 1. The molecule has 0 saturated carbocycles. The molecule has 2 aromatic carbocycles. The summed E-state index contributed by atoms with van der Waals surface area (Å²) >= 11 is 0. The topological polar surface area (TPSA) is 102 Å². The first-order valence-electron chi connectivity index (χ1n) is 9.68. The van der Waals surface area contributed by atoms with Crippen LogP contribution in [0.2, 0.25) is 0 Å². The Labute approximate surface area is 181 Å². The van der Waals surface area contributed by atoms with Crippen LogP contribution in [0, 0.1) is 12.7 Å². The van der Waals surface area contributed by atoms with Crippen LogP contribution in [0.3, 0.4) is 0 Å². The summed E-state index contributed by atoms with van der Waals surface area (Å²) in [6, 6.07) is 13.8. The summed E-state index contributed by atoms with van der Waals surface area (Å²) in [5.41, 5.74) is 0.231. The van der Waals surface area contributed by atoms with E-state index in [1.165, 1.54) is 21.3 Å². The Morgan fingerprint density at radius 1 is 1.03 bits per heavy atom. The van der Waals surface area contributed by atoms with E-state index < -0.39 is 21.0 Å². The highest BCUT2D eigenvalue weighted by Gasteiger charge is 2.27. The van der Waals surface area contributed by atoms with E-state index in [2.05, 4.69) is 10.0 Å². The monoisotopic (exact) mass is 452 g/mol. The van der Waals surface area contributed by atoms with Gasteiger partial charge in [-0.25, -0.2) is 17.5 Å². The summed E-state index contributed by atoms with van der Waals surface area (Å²) < 4.78 is 44.2. The fourth-order valence-corrected chi connectivity index (χ4v) is 5.03. The lowest BCUT2D eigenvalue weighted by Gasteiger charge is -2.22. The zero-order valence-electron chi connectivity index (χ0n) is 16.8. The minimum absolute atomic E-state index is 0.0158. The van der Waals surface area contributed by atoms with E-state index in [0.717, 1.165) is 0 Å². The van der Waals surface area contributed by atoms with Gasteiger partial charge in [0.2, 0.25) is 5.43 Å². The number of sulfonamides is 1. The van der Waals surface area contributed by atoms with Crippen molar-refractivity contribution in [3.63, 3.8) is 0 Å². The molecule has 32 heavy (non-hydrogen) atoms. The number of aromatic nitrogens is 2. The predicted octanol–water partition coefficient (Wildman–Crippen LogP) is 1.15. The van der Waals surface area contributed by atoms with E-state index in [1.807, 2.05) is 0 Å². The molecule has 3 heterocycles. The lowest BCUT2D eigenvalue weighted by Crippen LogP contribution is -2.52. The molecule has 0 unspecified atom stereocenters. The number of rotatable bonds is 2. The van der Waals surface area contributed by atoms with Gasteiger partial charge < -0.3 is 5.32 Å². The number of nitrogens with zero attached hydrogens (tertiary/aromatic N) is 2. The van der Waals surface area contributed by atoms with E-state index in [-0.39, 0.29) is 39.5 Å². The van der Waals surface area contributed by atoms with Crippen LogP contribution in [0.4, 0.5) is 10.1 Å². The number of anilines is 1. The molecule has 5 rings (SSSR count). The summed E-state index contributed by atoms with van der Waals surface area (Å²) in [5, 5.41) is 2.54. The number of fused-ring (bicyclic) bond motifs is 2. The van der Waals surface area contributed by atoms with Gasteiger partial charge in [0.15, 0.2) is 0 Å². The van der Waals surface area contributed by atoms with Crippen LogP contribution < -0.4 is 26.2 Å². The average Bonchev–Trinajstić information content (AvgIpc) is 3.23. The molecule has 1 aliphatic rings. The summed E-state index contributed by atoms with van der Waals surface area (Å²) in [7, 11) is -3.98. The summed E-state index contributed by atoms with van der Waals surface area (Å²) in [6.45, 7) is 1.67. The number of para-hydroxylation sites is 1. The quantitative estimate of drug-likeness (QED) is 0.475. The fourth-order valence-electron chi connectivity index (χ4n) is 3.83. The van der Waals surface area contributed by atoms with Crippen molar-refractivity contribution in [2.75, 3.05) is 5.32 Å². The van der Waals surface area contributed by atoms with E-state index in [1.54, 1.807) is 55.6 Å². The van der Waals surface area contributed by atoms with E-state index in [9.17, 15) is 22.4 Å². The molecule has 0 fully saturated rings. The first kappa shape index (κ1) is 20.0. The standard InChI is InChI=1S/C22H17FN4O4S/c1-13-11-14(8-9-15(13)23)12-27-22(29)19(20(28)17-6-4-10-26(17)27)21-24-16-5-2-3-7-18(16)32(30,31)25-21/h2-11,24-25H,12H2,1H3. The van der Waals surface area contributed by atoms with E-state index in [4.69, 9.17) is 0 Å². The molecule has 0 bridgehead atoms. The van der Waals surface area contributed by atoms with Crippen molar-refractivity contribution in [2.45, 2.75) is 18.4 Å². The molecule has 0 amide bonds. The van der Waals surface area contributed by atoms with Gasteiger partial charge in [-0.2, -0.15) is 0 Å². The second-order valence-electron chi connectivity index (χ2n) is 7.49. The molecule has 1 aliphatic heterocycles. The first-order chi connectivity index (χ1) is 15.3. The molecule has 0 spiro atoms. The maximum absolute atomic E-state index is 13.7. The van der Waals surface area contributed by atoms with Crippen LogP contribution in [-0.4, -0.2) is 17.6 Å². The van der Waals surface area contributed by atoms with Gasteiger partial charge in [-0.05, 0) is 48.4 Å². The molecular formula is C22H17FN4O4S. The van der Waals surface area contributed by atoms with Crippen molar-refractivity contribution in [1.82, 2.24) is 13.9 Å². The Hall–Kier alpha value is -3.92. The third-order valence-electron chi connectivity index (χ3n) is 5.37. The fraction of sp³-hybridized carbons (Fsp3) is 0.0909. The lowest BCUT2D eigenvalue weighted by atomic mass is 10.1. The summed E-state index contributed by atoms with van der Waals surface area (Å²) in [4.78, 5) is 26.6. The van der Waals surface area contributed by atoms with Gasteiger partial charge in [-0.3, -0.25) is 18.8 Å². The van der Waals surface area contributed by atoms with E-state index >= 15 is 0 Å². The molecule has 0 radical (unpaired) electrons. The zero-order chi connectivity index (χ0) is 22.6. The molecule has 4 aromatic rings. The number of hydrogen-bond donors (Lipinski definition) is 2. The molecule has 0 atom stereocenters. The Morgan fingerprint density at radius 3 is 2.59 bits per heavy atom. The van der Waals surface area contributed by atoms with Crippen molar-refractivity contribution in [1.29, 1.82) is 0 Å². The Morgan fingerprint density at radius 2 is 1.81 bits per heavy atom. The number of halogens is 1. The van der Waals surface area contributed by atoms with Crippen LogP contribution in [0.1, 0.15) is 11.1 Å². The number of benzene rings is 2. The lowest BCUT2D eigenvalue weighted by molar-refractivity contribution is 0.586. The number of hydrogen-bond acceptors (Lipinski definition) is 5. The van der Waals surface area contributed by atoms with Gasteiger partial charge in [0.25, 0.3) is 15.6 Å². The molecule has 10 heteroatoms. The normalized spacial score (nSPS) is 16.3. The van der Waals surface area contributed by atoms with Crippen molar-refractivity contribution >= 4 is 27.0 Å². The molecule has 8 nitrogen and oxygen atoms in total. The van der Waals surface area contributed by atoms with Crippen molar-refractivity contribution in [2.24, 2.45) is 0 Å². The minimum atomic E-state index is -3.98. The highest BCUT2D eigenvalue weighted by molar-refractivity contribution is 7.90. The van der Waals surface area contributed by atoms with Gasteiger partial charge >= 0.3 is 0 Å². The molecule has 2 N–H and O–H groups in total. The largest absolute Gasteiger partial charge is 0.339 e. The highest BCUT2D eigenvalue weighted by atomic mass is 32.2. The molecule has 0 saturated heterocycles. The molecule has 2 aromatic heterocycles. The second-order valence-corrected chi connectivity index (χ2v) is 9.14. The summed E-state index contributed by atoms with van der Waals surface area (Å²) in [6.07, 6.45) is 1.57. The van der Waals surface area contributed by atoms with Gasteiger partial charge in [-0.15, -0.1) is 0 Å². The zero-order valence-corrected chi connectivity index (χ0v) is 17.6. The van der Waals surface area contributed by atoms with Crippen molar-refractivity contribution < 1.29 is 12.8 Å². The van der Waals surface area contributed by atoms with E-state index in [0.29, 0.717) is 11.1 Å². The van der Waals surface area contributed by atoms with Crippen LogP contribution in [0.15, 0.2) is 75.3 Å². The Bertz CT molecular complexity index is 1690. The van der Waals surface area contributed by atoms with Gasteiger partial charge in [0.05, 0.1) is 12.2 Å². The van der Waals surface area contributed by atoms with Gasteiger partial charge in [0, 0.05) is 6.20 Å². The molecule has 162 valence electrons. The SMILES string of the molecule is Cc1cc(Cn2c(=O)c(=C3Nc4ccccc4S(=O)(=O)N3)c(=O)c3cccn32)ccc1F. The third kappa shape index (κ3) is 3.07. The number of nitrogens with one attached hydrogen (secondary N) is 2. The van der Waals surface area contributed by atoms with Crippen molar-refractivity contribution in [3.05, 3.63) is 104 Å². The second kappa shape index (κ2) is 7.06. The van der Waals surface area contributed by atoms with Gasteiger partial charge in [-0.1, -0.05) is 24.3 Å². The molecular weight excluding hydrogens is 435 g/mol. The van der Waals surface area contributed by atoms with Crippen LogP contribution >= 0.6 is 0 Å². The summed E-state index contributed by atoms with van der Waals surface area (Å²) in [5.74, 6) is -0.565. The maximum Gasteiger partial charge on any atom is 0.280 e. The van der Waals surface area contributed by atoms with Gasteiger partial charge in [0.1, 0.15) is 27.3 Å². The minimum Gasteiger partial charge on any atom is -0.339 e. The first-order valence-corrected chi connectivity index (χ1v) is 11.2. The Kier molecular flexibility index (Phi) is 4.41.